The number of benzene rings is 2. The molecule has 0 saturated carbocycles. The maximum Gasteiger partial charge on any atom is 0.332 e. The summed E-state index contributed by atoms with van der Waals surface area (Å²) >= 11 is 6.79. The summed E-state index contributed by atoms with van der Waals surface area (Å²) in [6, 6.07) is 10.6. The second kappa shape index (κ2) is 7.04. The summed E-state index contributed by atoms with van der Waals surface area (Å²) in [7, 11) is 1.33. The van der Waals surface area contributed by atoms with E-state index in [2.05, 4.69) is 37.2 Å². The van der Waals surface area contributed by atoms with Crippen LogP contribution in [0.2, 0.25) is 0 Å². The van der Waals surface area contributed by atoms with Gasteiger partial charge < -0.3 is 10.1 Å². The quantitative estimate of drug-likeness (QED) is 0.735. The summed E-state index contributed by atoms with van der Waals surface area (Å²) in [6.07, 6.45) is 0. The van der Waals surface area contributed by atoms with E-state index in [1.807, 2.05) is 18.2 Å². The SMILES string of the molecule is COC(=O)C(Nc1ccc(F)cc1)c1ccc(Br)c(Br)c1. The molecule has 2 rings (SSSR count). The monoisotopic (exact) mass is 415 g/mol. The summed E-state index contributed by atoms with van der Waals surface area (Å²) in [5, 5.41) is 3.04. The highest BCUT2D eigenvalue weighted by Crippen LogP contribution is 2.28. The van der Waals surface area contributed by atoms with Crippen LogP contribution in [0.4, 0.5) is 10.1 Å². The maximum absolute atomic E-state index is 12.9. The third kappa shape index (κ3) is 4.04. The summed E-state index contributed by atoms with van der Waals surface area (Å²) < 4.78 is 19.5. The number of hydrogen-bond donors (Lipinski definition) is 1. The molecule has 0 aliphatic heterocycles. The van der Waals surface area contributed by atoms with Crippen molar-refractivity contribution >= 4 is 43.5 Å². The van der Waals surface area contributed by atoms with Crippen LogP contribution in [0.3, 0.4) is 0 Å². The number of esters is 1. The van der Waals surface area contributed by atoms with E-state index in [-0.39, 0.29) is 5.82 Å². The molecule has 0 aliphatic carbocycles. The average molecular weight is 417 g/mol. The lowest BCUT2D eigenvalue weighted by atomic mass is 10.1. The van der Waals surface area contributed by atoms with E-state index in [4.69, 9.17) is 4.74 Å². The normalized spacial score (nSPS) is 11.8. The lowest BCUT2D eigenvalue weighted by Crippen LogP contribution is -2.22. The maximum atomic E-state index is 12.9. The number of methoxy groups -OCH3 is 1. The van der Waals surface area contributed by atoms with Gasteiger partial charge in [0.1, 0.15) is 5.82 Å². The van der Waals surface area contributed by atoms with Crippen LogP contribution in [-0.2, 0) is 9.53 Å². The molecule has 110 valence electrons. The fraction of sp³-hybridized carbons (Fsp3) is 0.133. The van der Waals surface area contributed by atoms with Gasteiger partial charge in [-0.05, 0) is 73.8 Å². The van der Waals surface area contributed by atoms with Crippen molar-refractivity contribution in [1.82, 2.24) is 0 Å². The summed E-state index contributed by atoms with van der Waals surface area (Å²) in [5.41, 5.74) is 1.37. The van der Waals surface area contributed by atoms with Crippen LogP contribution in [0, 0.1) is 5.82 Å². The highest BCUT2D eigenvalue weighted by molar-refractivity contribution is 9.13. The van der Waals surface area contributed by atoms with Crippen molar-refractivity contribution in [3.8, 4) is 0 Å². The Balaban J connectivity index is 2.31. The van der Waals surface area contributed by atoms with E-state index in [9.17, 15) is 9.18 Å². The number of anilines is 1. The van der Waals surface area contributed by atoms with Gasteiger partial charge in [0.25, 0.3) is 0 Å². The van der Waals surface area contributed by atoms with Crippen molar-refractivity contribution in [3.63, 3.8) is 0 Å². The van der Waals surface area contributed by atoms with Gasteiger partial charge in [0.15, 0.2) is 6.04 Å². The van der Waals surface area contributed by atoms with E-state index in [1.54, 1.807) is 12.1 Å². The third-order valence-electron chi connectivity index (χ3n) is 2.87. The molecule has 2 aromatic rings. The fourth-order valence-electron chi connectivity index (χ4n) is 1.80. The van der Waals surface area contributed by atoms with E-state index in [0.717, 1.165) is 14.5 Å². The summed E-state index contributed by atoms with van der Waals surface area (Å²) in [5.74, 6) is -0.755. The number of carbonyl (C=O) groups excluding carboxylic acids is 1. The molecule has 6 heteroatoms. The minimum absolute atomic E-state index is 0.332. The van der Waals surface area contributed by atoms with Gasteiger partial charge >= 0.3 is 5.97 Å². The predicted molar refractivity (Wildman–Crippen MR) is 86.6 cm³/mol. The zero-order chi connectivity index (χ0) is 15.4. The number of halogens is 3. The Morgan fingerprint density at radius 1 is 1.14 bits per heavy atom. The van der Waals surface area contributed by atoms with Crippen LogP contribution in [0.5, 0.6) is 0 Å². The smallest absolute Gasteiger partial charge is 0.332 e. The summed E-state index contributed by atoms with van der Waals surface area (Å²) in [4.78, 5) is 12.0. The molecule has 0 saturated heterocycles. The second-order valence-electron chi connectivity index (χ2n) is 4.28. The number of nitrogens with one attached hydrogen (secondary N) is 1. The van der Waals surface area contributed by atoms with Crippen LogP contribution in [0.1, 0.15) is 11.6 Å². The molecule has 2 aromatic carbocycles. The average Bonchev–Trinajstić information content (AvgIpc) is 2.49. The van der Waals surface area contributed by atoms with Crippen molar-refractivity contribution < 1.29 is 13.9 Å². The molecule has 0 fully saturated rings. The van der Waals surface area contributed by atoms with Crippen LogP contribution in [0.15, 0.2) is 51.4 Å². The summed E-state index contributed by atoms with van der Waals surface area (Å²) in [6.45, 7) is 0. The largest absolute Gasteiger partial charge is 0.467 e. The van der Waals surface area contributed by atoms with E-state index < -0.39 is 12.0 Å². The van der Waals surface area contributed by atoms with Crippen LogP contribution in [0.25, 0.3) is 0 Å². The van der Waals surface area contributed by atoms with Gasteiger partial charge in [-0.25, -0.2) is 9.18 Å². The molecule has 0 heterocycles. The molecular formula is C15H12Br2FNO2. The van der Waals surface area contributed by atoms with Crippen LogP contribution >= 0.6 is 31.9 Å². The molecule has 1 unspecified atom stereocenters. The first kappa shape index (κ1) is 16.0. The van der Waals surface area contributed by atoms with Gasteiger partial charge in [0, 0.05) is 14.6 Å². The molecule has 0 aromatic heterocycles. The minimum Gasteiger partial charge on any atom is -0.467 e. The molecule has 0 bridgehead atoms. The zero-order valence-corrected chi connectivity index (χ0v) is 14.2. The Bertz CT molecular complexity index is 647. The van der Waals surface area contributed by atoms with Crippen molar-refractivity contribution in [2.45, 2.75) is 6.04 Å². The number of rotatable bonds is 4. The van der Waals surface area contributed by atoms with Crippen molar-refractivity contribution in [3.05, 3.63) is 62.8 Å². The molecule has 21 heavy (non-hydrogen) atoms. The zero-order valence-electron chi connectivity index (χ0n) is 11.1. The van der Waals surface area contributed by atoms with Gasteiger partial charge in [0.2, 0.25) is 0 Å². The van der Waals surface area contributed by atoms with Crippen LogP contribution < -0.4 is 5.32 Å². The van der Waals surface area contributed by atoms with Gasteiger partial charge in [-0.1, -0.05) is 6.07 Å². The van der Waals surface area contributed by atoms with Crippen molar-refractivity contribution in [1.29, 1.82) is 0 Å². The Morgan fingerprint density at radius 2 is 1.81 bits per heavy atom. The molecule has 3 nitrogen and oxygen atoms in total. The Morgan fingerprint density at radius 3 is 2.38 bits per heavy atom. The van der Waals surface area contributed by atoms with Crippen molar-refractivity contribution in [2.75, 3.05) is 12.4 Å². The topological polar surface area (TPSA) is 38.3 Å². The second-order valence-corrected chi connectivity index (χ2v) is 5.99. The van der Waals surface area contributed by atoms with E-state index >= 15 is 0 Å². The highest BCUT2D eigenvalue weighted by Gasteiger charge is 2.22. The van der Waals surface area contributed by atoms with Gasteiger partial charge in [-0.2, -0.15) is 0 Å². The number of carbonyl (C=O) groups is 1. The first-order valence-corrected chi connectivity index (χ1v) is 7.64. The van der Waals surface area contributed by atoms with Crippen molar-refractivity contribution in [2.24, 2.45) is 0 Å². The molecule has 0 spiro atoms. The molecule has 0 amide bonds. The minimum atomic E-state index is -0.676. The van der Waals surface area contributed by atoms with Gasteiger partial charge in [0.05, 0.1) is 7.11 Å². The third-order valence-corrected chi connectivity index (χ3v) is 4.75. The van der Waals surface area contributed by atoms with Crippen LogP contribution in [-0.4, -0.2) is 13.1 Å². The predicted octanol–water partition coefficient (Wildman–Crippen LogP) is 4.68. The Kier molecular flexibility index (Phi) is 5.36. The molecule has 1 atom stereocenters. The Labute approximate surface area is 138 Å². The van der Waals surface area contributed by atoms with E-state index in [0.29, 0.717) is 5.69 Å². The fourth-order valence-corrected chi connectivity index (χ4v) is 2.44. The standard InChI is InChI=1S/C15H12Br2FNO2/c1-21-15(20)14(9-2-7-12(16)13(17)8-9)19-11-5-3-10(18)4-6-11/h2-8,14,19H,1H3. The number of ether oxygens (including phenoxy) is 1. The van der Waals surface area contributed by atoms with Gasteiger partial charge in [-0.3, -0.25) is 0 Å². The lowest BCUT2D eigenvalue weighted by Gasteiger charge is -2.18. The van der Waals surface area contributed by atoms with Gasteiger partial charge in [-0.15, -0.1) is 0 Å². The Hall–Kier alpha value is -1.40. The first-order chi connectivity index (χ1) is 10.0. The highest BCUT2D eigenvalue weighted by atomic mass is 79.9. The lowest BCUT2D eigenvalue weighted by molar-refractivity contribution is -0.141. The molecule has 0 radical (unpaired) electrons. The molecule has 0 aliphatic rings. The molecular weight excluding hydrogens is 405 g/mol. The molecule has 1 N–H and O–H groups in total. The first-order valence-electron chi connectivity index (χ1n) is 6.06. The van der Waals surface area contributed by atoms with E-state index in [1.165, 1.54) is 19.2 Å². The number of hydrogen-bond acceptors (Lipinski definition) is 3.